The molecule has 268 valence electrons. The van der Waals surface area contributed by atoms with Crippen molar-refractivity contribution in [1.29, 1.82) is 0 Å². The fourth-order valence-corrected chi connectivity index (χ4v) is 9.03. The number of benzene rings is 8. The van der Waals surface area contributed by atoms with E-state index in [0.717, 1.165) is 61.1 Å². The fraction of sp³-hybridized carbons (Fsp3) is 0.0370. The molecule has 10 aromatic rings. The SMILES string of the molecule is CC1(c2ccccc2)c2ccccc2-c2c(-c3ccc(-c4cc(-c5ccccc5-c5cccc6c5oc5ccccc56)nc(-c5ccccc5)n4)cc3)cccc21. The van der Waals surface area contributed by atoms with Crippen LogP contribution in [0.15, 0.2) is 205 Å². The number of rotatable bonds is 6. The van der Waals surface area contributed by atoms with Crippen LogP contribution in [0.3, 0.4) is 0 Å². The third-order valence-electron chi connectivity index (χ3n) is 11.8. The molecule has 0 spiro atoms. The smallest absolute Gasteiger partial charge is 0.160 e. The van der Waals surface area contributed by atoms with Crippen LogP contribution in [-0.2, 0) is 5.41 Å². The molecule has 1 atom stereocenters. The molecule has 0 radical (unpaired) electrons. The summed E-state index contributed by atoms with van der Waals surface area (Å²) in [6.07, 6.45) is 0. The largest absolute Gasteiger partial charge is 0.455 e. The van der Waals surface area contributed by atoms with Crippen molar-refractivity contribution < 1.29 is 4.42 Å². The summed E-state index contributed by atoms with van der Waals surface area (Å²) in [5.74, 6) is 0.682. The lowest BCUT2D eigenvalue weighted by Crippen LogP contribution is -2.22. The Morgan fingerprint density at radius 2 is 0.982 bits per heavy atom. The Morgan fingerprint density at radius 3 is 1.81 bits per heavy atom. The van der Waals surface area contributed by atoms with E-state index < -0.39 is 0 Å². The van der Waals surface area contributed by atoms with E-state index in [1.165, 1.54) is 38.9 Å². The minimum atomic E-state index is -0.249. The topological polar surface area (TPSA) is 38.9 Å². The van der Waals surface area contributed by atoms with Gasteiger partial charge in [-0.3, -0.25) is 0 Å². The maximum absolute atomic E-state index is 6.51. The summed E-state index contributed by atoms with van der Waals surface area (Å²) < 4.78 is 6.51. The minimum absolute atomic E-state index is 0.249. The van der Waals surface area contributed by atoms with E-state index in [0.29, 0.717) is 5.82 Å². The first kappa shape index (κ1) is 33.0. The molecular weight excluding hydrogens is 693 g/mol. The second-order valence-corrected chi connectivity index (χ2v) is 15.0. The van der Waals surface area contributed by atoms with Crippen LogP contribution in [0.5, 0.6) is 0 Å². The summed E-state index contributed by atoms with van der Waals surface area (Å²) in [7, 11) is 0. The van der Waals surface area contributed by atoms with Gasteiger partial charge in [0.1, 0.15) is 11.2 Å². The van der Waals surface area contributed by atoms with E-state index in [9.17, 15) is 0 Å². The molecule has 0 aliphatic heterocycles. The van der Waals surface area contributed by atoms with Crippen LogP contribution in [0.25, 0.3) is 89.2 Å². The van der Waals surface area contributed by atoms with E-state index in [1.54, 1.807) is 0 Å². The zero-order valence-corrected chi connectivity index (χ0v) is 31.4. The molecule has 2 aromatic heterocycles. The van der Waals surface area contributed by atoms with E-state index in [-0.39, 0.29) is 5.41 Å². The maximum atomic E-state index is 6.51. The highest BCUT2D eigenvalue weighted by Crippen LogP contribution is 2.55. The molecule has 0 amide bonds. The normalized spacial score (nSPS) is 14.5. The van der Waals surface area contributed by atoms with Crippen LogP contribution in [0.2, 0.25) is 0 Å². The Balaban J connectivity index is 1.04. The van der Waals surface area contributed by atoms with E-state index >= 15 is 0 Å². The highest BCUT2D eigenvalue weighted by Gasteiger charge is 2.41. The lowest BCUT2D eigenvalue weighted by atomic mass is 9.74. The van der Waals surface area contributed by atoms with Gasteiger partial charge in [-0.05, 0) is 63.6 Å². The second-order valence-electron chi connectivity index (χ2n) is 15.0. The zero-order valence-electron chi connectivity index (χ0n) is 31.4. The summed E-state index contributed by atoms with van der Waals surface area (Å²) >= 11 is 0. The summed E-state index contributed by atoms with van der Waals surface area (Å²) in [4.78, 5) is 10.4. The zero-order chi connectivity index (χ0) is 37.9. The van der Waals surface area contributed by atoms with Gasteiger partial charge in [-0.15, -0.1) is 0 Å². The van der Waals surface area contributed by atoms with E-state index in [4.69, 9.17) is 14.4 Å². The molecule has 8 aromatic carbocycles. The van der Waals surface area contributed by atoms with Gasteiger partial charge in [0.2, 0.25) is 0 Å². The number of hydrogen-bond acceptors (Lipinski definition) is 3. The van der Waals surface area contributed by atoms with Crippen LogP contribution in [0, 0.1) is 0 Å². The predicted molar refractivity (Wildman–Crippen MR) is 234 cm³/mol. The minimum Gasteiger partial charge on any atom is -0.455 e. The van der Waals surface area contributed by atoms with Crippen molar-refractivity contribution in [2.45, 2.75) is 12.3 Å². The summed E-state index contributed by atoms with van der Waals surface area (Å²) in [5.41, 5.74) is 17.3. The molecular formula is C54H36N2O. The summed E-state index contributed by atoms with van der Waals surface area (Å²) in [6, 6.07) is 70.9. The predicted octanol–water partition coefficient (Wildman–Crippen LogP) is 14.0. The second kappa shape index (κ2) is 13.1. The van der Waals surface area contributed by atoms with Crippen molar-refractivity contribution in [2.24, 2.45) is 0 Å². The monoisotopic (exact) mass is 728 g/mol. The Hall–Kier alpha value is -7.36. The molecule has 1 aliphatic carbocycles. The van der Waals surface area contributed by atoms with Crippen LogP contribution < -0.4 is 0 Å². The average Bonchev–Trinajstić information content (AvgIpc) is 3.80. The van der Waals surface area contributed by atoms with Gasteiger partial charge in [-0.25, -0.2) is 9.97 Å². The number of para-hydroxylation sites is 2. The van der Waals surface area contributed by atoms with Crippen LogP contribution in [0.4, 0.5) is 0 Å². The van der Waals surface area contributed by atoms with Gasteiger partial charge >= 0.3 is 0 Å². The van der Waals surface area contributed by atoms with Crippen molar-refractivity contribution in [3.05, 3.63) is 217 Å². The first-order chi connectivity index (χ1) is 28.1. The highest BCUT2D eigenvalue weighted by atomic mass is 16.3. The first-order valence-corrected chi connectivity index (χ1v) is 19.5. The molecule has 1 aliphatic rings. The van der Waals surface area contributed by atoms with Crippen molar-refractivity contribution in [1.82, 2.24) is 9.97 Å². The number of aromatic nitrogens is 2. The van der Waals surface area contributed by atoms with Gasteiger partial charge in [0.05, 0.1) is 11.4 Å². The van der Waals surface area contributed by atoms with Gasteiger partial charge in [0.15, 0.2) is 5.82 Å². The fourth-order valence-electron chi connectivity index (χ4n) is 9.03. The molecule has 1 unspecified atom stereocenters. The Labute approximate surface area is 331 Å². The average molecular weight is 729 g/mol. The van der Waals surface area contributed by atoms with Crippen molar-refractivity contribution in [2.75, 3.05) is 0 Å². The highest BCUT2D eigenvalue weighted by molar-refractivity contribution is 6.10. The van der Waals surface area contributed by atoms with Gasteiger partial charge in [0.25, 0.3) is 0 Å². The Bertz CT molecular complexity index is 3130. The molecule has 0 bridgehead atoms. The standard InChI is InChI=1S/C54H36N2O/c1-54(38-18-6-3-7-19-38)46-27-12-10-23-45(46)51-39(24-15-28-47(51)54)35-30-32-36(33-31-35)48-34-49(56-53(55-48)37-16-4-2-5-17-37)41-21-9-8-20-40(41)43-25-14-26-44-42-22-11-13-29-50(42)57-52(43)44/h2-34H,1H3. The molecule has 2 heterocycles. The number of furan rings is 1. The van der Waals surface area contributed by atoms with Crippen molar-refractivity contribution in [3.8, 4) is 67.3 Å². The molecule has 3 nitrogen and oxygen atoms in total. The van der Waals surface area contributed by atoms with Gasteiger partial charge in [-0.2, -0.15) is 0 Å². The van der Waals surface area contributed by atoms with Crippen LogP contribution in [0.1, 0.15) is 23.6 Å². The van der Waals surface area contributed by atoms with Crippen molar-refractivity contribution in [3.63, 3.8) is 0 Å². The van der Waals surface area contributed by atoms with Gasteiger partial charge < -0.3 is 4.42 Å². The Kier molecular flexibility index (Phi) is 7.61. The molecule has 0 saturated carbocycles. The quantitative estimate of drug-likeness (QED) is 0.171. The van der Waals surface area contributed by atoms with Crippen LogP contribution in [-0.4, -0.2) is 9.97 Å². The maximum Gasteiger partial charge on any atom is 0.160 e. The lowest BCUT2D eigenvalue weighted by molar-refractivity contribution is 0.670. The molecule has 3 heteroatoms. The number of nitrogens with zero attached hydrogens (tertiary/aromatic N) is 2. The first-order valence-electron chi connectivity index (χ1n) is 19.5. The summed E-state index contributed by atoms with van der Waals surface area (Å²) in [5, 5.41) is 2.21. The molecule has 11 rings (SSSR count). The van der Waals surface area contributed by atoms with Gasteiger partial charge in [0, 0.05) is 38.4 Å². The molecule has 0 saturated heterocycles. The van der Waals surface area contributed by atoms with Crippen molar-refractivity contribution >= 4 is 21.9 Å². The van der Waals surface area contributed by atoms with E-state index in [1.807, 2.05) is 30.3 Å². The van der Waals surface area contributed by atoms with E-state index in [2.05, 4.69) is 177 Å². The third-order valence-corrected chi connectivity index (χ3v) is 11.8. The third kappa shape index (κ3) is 5.27. The summed E-state index contributed by atoms with van der Waals surface area (Å²) in [6.45, 7) is 2.37. The number of fused-ring (bicyclic) bond motifs is 6. The molecule has 0 fully saturated rings. The Morgan fingerprint density at radius 1 is 0.404 bits per heavy atom. The van der Waals surface area contributed by atoms with Crippen LogP contribution >= 0.6 is 0 Å². The molecule has 57 heavy (non-hydrogen) atoms. The molecule has 0 N–H and O–H groups in total. The lowest BCUT2D eigenvalue weighted by Gasteiger charge is -2.28. The number of hydrogen-bond donors (Lipinski definition) is 0. The van der Waals surface area contributed by atoms with Gasteiger partial charge in [-0.1, -0.05) is 188 Å².